The zero-order valence-electron chi connectivity index (χ0n) is 16.4. The number of hydrogen-bond acceptors (Lipinski definition) is 4. The average Bonchev–Trinajstić information content (AvgIpc) is 3.13. The minimum atomic E-state index is -0.182. The van der Waals surface area contributed by atoms with Gasteiger partial charge in [0.25, 0.3) is 5.91 Å². The van der Waals surface area contributed by atoms with E-state index in [1.165, 1.54) is 6.07 Å². The van der Waals surface area contributed by atoms with Gasteiger partial charge in [0.05, 0.1) is 12.1 Å². The zero-order valence-corrected chi connectivity index (χ0v) is 17.2. The molecule has 8 heteroatoms. The van der Waals surface area contributed by atoms with Crippen LogP contribution in [0.1, 0.15) is 47.9 Å². The van der Waals surface area contributed by atoms with E-state index >= 15 is 0 Å². The molecule has 1 saturated carbocycles. The maximum absolute atomic E-state index is 13.5. The van der Waals surface area contributed by atoms with Gasteiger partial charge in [-0.25, -0.2) is 4.98 Å². The Morgan fingerprint density at radius 2 is 2.14 bits per heavy atom. The second-order valence-corrected chi connectivity index (χ2v) is 7.79. The van der Waals surface area contributed by atoms with Gasteiger partial charge in [0.15, 0.2) is 0 Å². The molecule has 2 aliphatic rings. The lowest BCUT2D eigenvalue weighted by molar-refractivity contribution is 0.0683. The lowest BCUT2D eigenvalue weighted by Crippen LogP contribution is -2.40. The van der Waals surface area contributed by atoms with Crippen molar-refractivity contribution in [1.29, 1.82) is 0 Å². The molecule has 1 unspecified atom stereocenters. The number of aromatic amines is 1. The summed E-state index contributed by atoms with van der Waals surface area (Å²) in [6, 6.07) is 1.73. The van der Waals surface area contributed by atoms with Gasteiger partial charge < -0.3 is 19.8 Å². The van der Waals surface area contributed by atoms with E-state index in [4.69, 9.17) is 0 Å². The van der Waals surface area contributed by atoms with Crippen molar-refractivity contribution >= 4 is 18.3 Å². The first-order valence-corrected chi connectivity index (χ1v) is 9.75. The number of carbonyl (C=O) groups excluding carboxylic acids is 1. The lowest BCUT2D eigenvalue weighted by atomic mass is 9.93. The maximum atomic E-state index is 13.5. The van der Waals surface area contributed by atoms with Crippen LogP contribution in [0.5, 0.6) is 0 Å². The molecule has 152 valence electrons. The van der Waals surface area contributed by atoms with Crippen LogP contribution in [0.15, 0.2) is 29.5 Å². The Bertz CT molecular complexity index is 900. The average molecular weight is 406 g/mol. The molecular formula is C20H28ClN5O2. The molecule has 3 heterocycles. The third kappa shape index (κ3) is 3.73. The summed E-state index contributed by atoms with van der Waals surface area (Å²) in [6.07, 6.45) is 8.56. The van der Waals surface area contributed by atoms with Gasteiger partial charge in [0, 0.05) is 37.2 Å². The summed E-state index contributed by atoms with van der Waals surface area (Å²) in [5, 5.41) is 3.42. The van der Waals surface area contributed by atoms with Gasteiger partial charge in [-0.3, -0.25) is 9.59 Å². The second kappa shape index (κ2) is 8.09. The number of halogens is 1. The first-order valence-electron chi connectivity index (χ1n) is 9.75. The van der Waals surface area contributed by atoms with Gasteiger partial charge >= 0.3 is 0 Å². The Hall–Kier alpha value is -2.12. The highest BCUT2D eigenvalue weighted by Crippen LogP contribution is 2.56. The Morgan fingerprint density at radius 3 is 2.82 bits per heavy atom. The molecule has 0 aromatic carbocycles. The van der Waals surface area contributed by atoms with Gasteiger partial charge in [0.1, 0.15) is 5.82 Å². The summed E-state index contributed by atoms with van der Waals surface area (Å²) in [5.74, 6) is 0.888. The van der Waals surface area contributed by atoms with E-state index in [1.54, 1.807) is 12.4 Å². The third-order valence-electron chi connectivity index (χ3n) is 6.20. The first kappa shape index (κ1) is 20.6. The van der Waals surface area contributed by atoms with E-state index in [1.807, 2.05) is 18.0 Å². The highest BCUT2D eigenvalue weighted by molar-refractivity contribution is 5.95. The molecule has 1 saturated heterocycles. The molecule has 28 heavy (non-hydrogen) atoms. The SMILES string of the molecule is CCn1ccnc1CN(C(=O)c1c[nH]c(=O)cc1C)C1CC12CCNCC2.Cl. The standard InChI is InChI=1S/C20H27N5O2.ClH/c1-3-24-9-8-22-17(24)13-25(16-11-20(16)4-6-21-7-5-20)19(27)15-12-23-18(26)10-14(15)2;/h8-10,12,16,21H,3-7,11,13H2,1-2H3,(H,23,26);1H. The van der Waals surface area contributed by atoms with E-state index in [-0.39, 0.29) is 35.3 Å². The molecule has 7 nitrogen and oxygen atoms in total. The van der Waals surface area contributed by atoms with Crippen LogP contribution in [0, 0.1) is 12.3 Å². The predicted octanol–water partition coefficient (Wildman–Crippen LogP) is 2.11. The normalized spacial score (nSPS) is 19.9. The van der Waals surface area contributed by atoms with Crippen LogP contribution in [0.3, 0.4) is 0 Å². The molecule has 1 aliphatic heterocycles. The number of nitrogens with one attached hydrogen (secondary N) is 2. The number of carbonyl (C=O) groups is 1. The number of piperidine rings is 1. The van der Waals surface area contributed by atoms with Crippen LogP contribution in [-0.2, 0) is 13.1 Å². The molecule has 1 aliphatic carbocycles. The summed E-state index contributed by atoms with van der Waals surface area (Å²) in [5.41, 5.74) is 1.34. The Balaban J connectivity index is 0.00000225. The summed E-state index contributed by atoms with van der Waals surface area (Å²) in [7, 11) is 0. The van der Waals surface area contributed by atoms with Crippen molar-refractivity contribution in [1.82, 2.24) is 24.8 Å². The fourth-order valence-electron chi connectivity index (χ4n) is 4.44. The zero-order chi connectivity index (χ0) is 19.0. The van der Waals surface area contributed by atoms with Crippen LogP contribution < -0.4 is 10.9 Å². The van der Waals surface area contributed by atoms with E-state index in [2.05, 4.69) is 26.8 Å². The molecular weight excluding hydrogens is 378 g/mol. The number of pyridine rings is 1. The largest absolute Gasteiger partial charge is 0.334 e. The Kier molecular flexibility index (Phi) is 5.95. The van der Waals surface area contributed by atoms with E-state index < -0.39 is 0 Å². The van der Waals surface area contributed by atoms with E-state index in [0.717, 1.165) is 44.7 Å². The summed E-state index contributed by atoms with van der Waals surface area (Å²) >= 11 is 0. The maximum Gasteiger partial charge on any atom is 0.256 e. The van der Waals surface area contributed by atoms with Crippen molar-refractivity contribution in [2.24, 2.45) is 5.41 Å². The quantitative estimate of drug-likeness (QED) is 0.798. The first-order chi connectivity index (χ1) is 13.0. The number of amides is 1. The number of aromatic nitrogens is 3. The third-order valence-corrected chi connectivity index (χ3v) is 6.20. The van der Waals surface area contributed by atoms with Gasteiger partial charge in [-0.2, -0.15) is 0 Å². The van der Waals surface area contributed by atoms with Crippen LogP contribution in [0.25, 0.3) is 0 Å². The number of H-pyrrole nitrogens is 1. The Morgan fingerprint density at radius 1 is 1.39 bits per heavy atom. The number of aryl methyl sites for hydroxylation is 2. The minimum Gasteiger partial charge on any atom is -0.334 e. The molecule has 1 atom stereocenters. The molecule has 0 bridgehead atoms. The summed E-state index contributed by atoms with van der Waals surface area (Å²) in [4.78, 5) is 34.1. The number of rotatable bonds is 5. The number of hydrogen-bond donors (Lipinski definition) is 2. The fraction of sp³-hybridized carbons (Fsp3) is 0.550. The smallest absolute Gasteiger partial charge is 0.256 e. The van der Waals surface area contributed by atoms with E-state index in [9.17, 15) is 9.59 Å². The molecule has 2 fully saturated rings. The summed E-state index contributed by atoms with van der Waals surface area (Å²) in [6.45, 7) is 7.25. The van der Waals surface area contributed by atoms with Crippen molar-refractivity contribution in [2.75, 3.05) is 13.1 Å². The van der Waals surface area contributed by atoms with Gasteiger partial charge in [-0.05, 0) is 57.2 Å². The van der Waals surface area contributed by atoms with Crippen molar-refractivity contribution < 1.29 is 4.79 Å². The molecule has 0 radical (unpaired) electrons. The van der Waals surface area contributed by atoms with Crippen molar-refractivity contribution in [3.8, 4) is 0 Å². The monoisotopic (exact) mass is 405 g/mol. The minimum absolute atomic E-state index is 0. The molecule has 4 rings (SSSR count). The van der Waals surface area contributed by atoms with Crippen molar-refractivity contribution in [2.45, 2.75) is 52.2 Å². The van der Waals surface area contributed by atoms with Gasteiger partial charge in [-0.1, -0.05) is 0 Å². The van der Waals surface area contributed by atoms with Crippen LogP contribution in [-0.4, -0.2) is 44.5 Å². The van der Waals surface area contributed by atoms with Gasteiger partial charge in [-0.15, -0.1) is 12.4 Å². The van der Waals surface area contributed by atoms with Gasteiger partial charge in [0.2, 0.25) is 5.56 Å². The lowest BCUT2D eigenvalue weighted by Gasteiger charge is -2.30. The van der Waals surface area contributed by atoms with Crippen LogP contribution in [0.2, 0.25) is 0 Å². The van der Waals surface area contributed by atoms with Crippen molar-refractivity contribution in [3.63, 3.8) is 0 Å². The van der Waals surface area contributed by atoms with Crippen LogP contribution in [0.4, 0.5) is 0 Å². The number of imidazole rings is 1. The molecule has 1 spiro atoms. The topological polar surface area (TPSA) is 83.0 Å². The molecule has 1 amide bonds. The summed E-state index contributed by atoms with van der Waals surface area (Å²) < 4.78 is 2.08. The predicted molar refractivity (Wildman–Crippen MR) is 110 cm³/mol. The second-order valence-electron chi connectivity index (χ2n) is 7.79. The van der Waals surface area contributed by atoms with E-state index in [0.29, 0.717) is 17.7 Å². The highest BCUT2D eigenvalue weighted by atomic mass is 35.5. The molecule has 2 aromatic rings. The Labute approximate surface area is 171 Å². The van der Waals surface area contributed by atoms with Crippen molar-refractivity contribution in [3.05, 3.63) is 52.0 Å². The highest BCUT2D eigenvalue weighted by Gasteiger charge is 2.58. The fourth-order valence-corrected chi connectivity index (χ4v) is 4.44. The molecule has 2 N–H and O–H groups in total. The molecule has 2 aromatic heterocycles. The number of nitrogens with zero attached hydrogens (tertiary/aromatic N) is 3. The van der Waals surface area contributed by atoms with Crippen LogP contribution >= 0.6 is 12.4 Å².